The van der Waals surface area contributed by atoms with Gasteiger partial charge in [-0.15, -0.1) is 11.3 Å². The van der Waals surface area contributed by atoms with Crippen LogP contribution in [-0.4, -0.2) is 19.9 Å². The number of nitrogens with one attached hydrogen (secondary N) is 2. The van der Waals surface area contributed by atoms with Gasteiger partial charge in [0, 0.05) is 17.8 Å². The number of aromatic nitrogens is 4. The van der Waals surface area contributed by atoms with Gasteiger partial charge in [0.15, 0.2) is 0 Å². The Morgan fingerprint density at radius 3 is 3.18 bits per heavy atom. The molecule has 7 heteroatoms. The molecule has 5 nitrogen and oxygen atoms in total. The monoisotopic (exact) mass is 249 g/mol. The number of halogens is 1. The molecule has 0 saturated heterocycles. The first-order valence-corrected chi connectivity index (χ1v) is 5.84. The summed E-state index contributed by atoms with van der Waals surface area (Å²) in [5.74, 6) is 0.476. The Morgan fingerprint density at radius 2 is 2.35 bits per heavy atom. The highest BCUT2D eigenvalue weighted by molar-refractivity contribution is 7.09. The normalized spacial score (nSPS) is 10.9. The van der Waals surface area contributed by atoms with Crippen LogP contribution in [0.5, 0.6) is 0 Å². The number of aromatic amines is 1. The molecule has 0 spiro atoms. The Morgan fingerprint density at radius 1 is 1.41 bits per heavy atom. The summed E-state index contributed by atoms with van der Waals surface area (Å²) in [6, 6.07) is 1.80. The minimum Gasteiger partial charge on any atom is -0.363 e. The number of H-pyrrole nitrogens is 1. The van der Waals surface area contributed by atoms with Crippen LogP contribution in [0.4, 0.5) is 10.2 Å². The third kappa shape index (κ3) is 1.96. The summed E-state index contributed by atoms with van der Waals surface area (Å²) >= 11 is 1.54. The van der Waals surface area contributed by atoms with E-state index in [1.54, 1.807) is 18.5 Å². The third-order valence-corrected chi connectivity index (χ3v) is 3.06. The van der Waals surface area contributed by atoms with E-state index in [-0.39, 0.29) is 0 Å². The van der Waals surface area contributed by atoms with E-state index in [2.05, 4.69) is 25.3 Å². The average molecular weight is 249 g/mol. The van der Waals surface area contributed by atoms with Gasteiger partial charge in [-0.3, -0.25) is 0 Å². The Balaban J connectivity index is 1.91. The molecule has 3 heterocycles. The molecule has 17 heavy (non-hydrogen) atoms. The van der Waals surface area contributed by atoms with Gasteiger partial charge in [0.25, 0.3) is 0 Å². The quantitative estimate of drug-likeness (QED) is 0.698. The minimum atomic E-state index is -0.749. The predicted molar refractivity (Wildman–Crippen MR) is 63.3 cm³/mol. The number of hydrogen-bond donors (Lipinski definition) is 2. The summed E-state index contributed by atoms with van der Waals surface area (Å²) in [6.07, 6.45) is 2.68. The number of hydrogen-bond acceptors (Lipinski definition) is 5. The number of anilines is 1. The number of thiazole rings is 1. The van der Waals surface area contributed by atoms with E-state index >= 15 is 0 Å². The molecule has 0 aromatic carbocycles. The van der Waals surface area contributed by atoms with E-state index in [1.807, 2.05) is 5.38 Å². The maximum atomic E-state index is 13.1. The lowest BCUT2D eigenvalue weighted by Crippen LogP contribution is -2.03. The molecule has 2 N–H and O–H groups in total. The van der Waals surface area contributed by atoms with Crippen LogP contribution in [0.2, 0.25) is 0 Å². The Hall–Kier alpha value is -2.02. The lowest BCUT2D eigenvalue weighted by molar-refractivity contribution is 0.545. The molecule has 0 radical (unpaired) electrons. The predicted octanol–water partition coefficient (Wildman–Crippen LogP) is 2.17. The molecule has 0 aliphatic heterocycles. The van der Waals surface area contributed by atoms with Crippen molar-refractivity contribution in [2.45, 2.75) is 6.54 Å². The van der Waals surface area contributed by atoms with E-state index < -0.39 is 6.08 Å². The smallest absolute Gasteiger partial charge is 0.312 e. The second-order valence-electron chi connectivity index (χ2n) is 3.36. The van der Waals surface area contributed by atoms with Gasteiger partial charge in [-0.25, -0.2) is 4.98 Å². The van der Waals surface area contributed by atoms with Crippen molar-refractivity contribution in [3.8, 4) is 0 Å². The van der Waals surface area contributed by atoms with E-state index in [0.29, 0.717) is 18.0 Å². The van der Waals surface area contributed by atoms with Crippen LogP contribution in [0.3, 0.4) is 0 Å². The third-order valence-electron chi connectivity index (χ3n) is 2.28. The van der Waals surface area contributed by atoms with Gasteiger partial charge >= 0.3 is 6.08 Å². The second-order valence-corrected chi connectivity index (χ2v) is 4.34. The van der Waals surface area contributed by atoms with Crippen molar-refractivity contribution >= 4 is 28.2 Å². The molecular weight excluding hydrogens is 241 g/mol. The maximum absolute atomic E-state index is 13.1. The molecule has 0 unspecified atom stereocenters. The topological polar surface area (TPSA) is 66.5 Å². The summed E-state index contributed by atoms with van der Waals surface area (Å²) in [5.41, 5.74) is 0.485. The molecular formula is C10H8FN5S. The van der Waals surface area contributed by atoms with Crippen LogP contribution in [-0.2, 0) is 6.54 Å². The van der Waals surface area contributed by atoms with Crippen molar-refractivity contribution in [2.24, 2.45) is 0 Å². The molecule has 3 rings (SSSR count). The van der Waals surface area contributed by atoms with Gasteiger partial charge in [0.1, 0.15) is 16.5 Å². The fraction of sp³-hybridized carbons (Fsp3) is 0.100. The Labute approximate surface area is 99.8 Å². The summed E-state index contributed by atoms with van der Waals surface area (Å²) in [4.78, 5) is 14.4. The van der Waals surface area contributed by atoms with Gasteiger partial charge in [0.05, 0.1) is 11.9 Å². The average Bonchev–Trinajstić information content (AvgIpc) is 2.95. The molecule has 0 aliphatic rings. The van der Waals surface area contributed by atoms with E-state index in [4.69, 9.17) is 0 Å². The molecule has 3 aromatic heterocycles. The van der Waals surface area contributed by atoms with Crippen LogP contribution in [0.15, 0.2) is 23.8 Å². The van der Waals surface area contributed by atoms with Crippen molar-refractivity contribution in [1.29, 1.82) is 0 Å². The first kappa shape index (κ1) is 10.2. The van der Waals surface area contributed by atoms with Crippen LogP contribution < -0.4 is 5.32 Å². The maximum Gasteiger partial charge on any atom is 0.312 e. The van der Waals surface area contributed by atoms with Crippen LogP contribution >= 0.6 is 11.3 Å². The molecule has 0 fully saturated rings. The van der Waals surface area contributed by atoms with E-state index in [9.17, 15) is 4.39 Å². The summed E-state index contributed by atoms with van der Waals surface area (Å²) in [6.45, 7) is 0.522. The second kappa shape index (κ2) is 4.10. The summed E-state index contributed by atoms with van der Waals surface area (Å²) in [7, 11) is 0. The largest absolute Gasteiger partial charge is 0.363 e. The van der Waals surface area contributed by atoms with Crippen LogP contribution in [0.1, 0.15) is 5.01 Å². The van der Waals surface area contributed by atoms with E-state index in [1.165, 1.54) is 11.3 Å². The van der Waals surface area contributed by atoms with Gasteiger partial charge in [-0.2, -0.15) is 14.4 Å². The van der Waals surface area contributed by atoms with Gasteiger partial charge < -0.3 is 10.3 Å². The number of rotatable bonds is 3. The highest BCUT2D eigenvalue weighted by Gasteiger charge is 2.08. The summed E-state index contributed by atoms with van der Waals surface area (Å²) < 4.78 is 13.1. The molecule has 0 amide bonds. The zero-order valence-electron chi connectivity index (χ0n) is 8.64. The van der Waals surface area contributed by atoms with Gasteiger partial charge in [0.2, 0.25) is 0 Å². The first-order valence-electron chi connectivity index (χ1n) is 4.96. The zero-order chi connectivity index (χ0) is 11.7. The standard InChI is InChI=1S/C10H8FN5S/c11-10-15-8-6(1-2-13-8)9(16-10)14-5-7-12-3-4-17-7/h1-4H,5H2,(H2,13,14,15,16). The fourth-order valence-corrected chi connectivity index (χ4v) is 2.10. The Kier molecular flexibility index (Phi) is 2.45. The lowest BCUT2D eigenvalue weighted by atomic mass is 10.4. The van der Waals surface area contributed by atoms with Gasteiger partial charge in [-0.1, -0.05) is 0 Å². The number of fused-ring (bicyclic) bond motifs is 1. The molecule has 0 saturated carbocycles. The molecule has 3 aromatic rings. The zero-order valence-corrected chi connectivity index (χ0v) is 9.46. The Bertz CT molecular complexity index is 633. The fourth-order valence-electron chi connectivity index (χ4n) is 1.55. The highest BCUT2D eigenvalue weighted by atomic mass is 32.1. The SMILES string of the molecule is Fc1nc(NCc2nccs2)c2cc[nH]c2n1. The van der Waals surface area contributed by atoms with E-state index in [0.717, 1.165) is 10.4 Å². The van der Waals surface area contributed by atoms with Crippen molar-refractivity contribution in [1.82, 2.24) is 19.9 Å². The number of nitrogens with zero attached hydrogens (tertiary/aromatic N) is 3. The molecule has 0 bridgehead atoms. The lowest BCUT2D eigenvalue weighted by Gasteiger charge is -2.04. The molecule has 0 aliphatic carbocycles. The molecule has 86 valence electrons. The first-order chi connectivity index (χ1) is 8.33. The summed E-state index contributed by atoms with van der Waals surface area (Å²) in [5, 5.41) is 6.64. The van der Waals surface area contributed by atoms with Gasteiger partial charge in [-0.05, 0) is 6.07 Å². The van der Waals surface area contributed by atoms with Crippen LogP contribution in [0, 0.1) is 6.08 Å². The minimum absolute atomic E-state index is 0.476. The van der Waals surface area contributed by atoms with Crippen molar-refractivity contribution in [3.63, 3.8) is 0 Å². The molecule has 0 atom stereocenters. The van der Waals surface area contributed by atoms with Crippen molar-refractivity contribution in [3.05, 3.63) is 34.9 Å². The van der Waals surface area contributed by atoms with Crippen LogP contribution in [0.25, 0.3) is 11.0 Å². The van der Waals surface area contributed by atoms with Crippen molar-refractivity contribution in [2.75, 3.05) is 5.32 Å². The van der Waals surface area contributed by atoms with Crippen molar-refractivity contribution < 1.29 is 4.39 Å². The highest BCUT2D eigenvalue weighted by Crippen LogP contribution is 2.19.